The summed E-state index contributed by atoms with van der Waals surface area (Å²) in [6, 6.07) is 8.01. The predicted octanol–water partition coefficient (Wildman–Crippen LogP) is 4.63. The third-order valence-corrected chi connectivity index (χ3v) is 8.88. The number of aromatic nitrogens is 2. The zero-order chi connectivity index (χ0) is 29.7. The second-order valence-corrected chi connectivity index (χ2v) is 12.3. The van der Waals surface area contributed by atoms with Gasteiger partial charge in [0.05, 0.1) is 11.0 Å². The molecule has 0 spiro atoms. The maximum absolute atomic E-state index is 14.0. The molecule has 2 heterocycles. The van der Waals surface area contributed by atoms with Crippen LogP contribution in [-0.2, 0) is 14.4 Å². The maximum atomic E-state index is 14.0. The number of hydrogen-bond acceptors (Lipinski definition) is 7. The van der Waals surface area contributed by atoms with Crippen molar-refractivity contribution in [3.63, 3.8) is 0 Å². The van der Waals surface area contributed by atoms with E-state index >= 15 is 0 Å². The van der Waals surface area contributed by atoms with Crippen molar-refractivity contribution in [2.24, 2.45) is 16.8 Å². The Morgan fingerprint density at radius 1 is 1.10 bits per heavy atom. The molecule has 10 nitrogen and oxygen atoms in total. The second-order valence-electron chi connectivity index (χ2n) is 12.3. The van der Waals surface area contributed by atoms with E-state index in [9.17, 15) is 19.5 Å². The van der Waals surface area contributed by atoms with Crippen molar-refractivity contribution in [3.05, 3.63) is 40.3 Å². The SMILES string of the molecule is CC[C@@H]1C[C@H](n2c(=O)c(/C(=N/OC(C)(C)C(N)=O)C(=O)O)nc3ccccc32)CCN1[C@@H]1CCCCCC[C@@H](C)C1. The van der Waals surface area contributed by atoms with Crippen LogP contribution >= 0.6 is 0 Å². The van der Waals surface area contributed by atoms with Crippen LogP contribution in [0.25, 0.3) is 11.0 Å². The zero-order valence-electron chi connectivity index (χ0n) is 24.8. The molecule has 4 rings (SSSR count). The number of para-hydroxylation sites is 2. The Hall–Kier alpha value is -3.27. The van der Waals surface area contributed by atoms with Crippen LogP contribution in [0.5, 0.6) is 0 Å². The lowest BCUT2D eigenvalue weighted by Gasteiger charge is -2.45. The number of aliphatic carboxylic acids is 1. The molecule has 0 radical (unpaired) electrons. The van der Waals surface area contributed by atoms with Gasteiger partial charge in [-0.15, -0.1) is 0 Å². The average molecular weight is 568 g/mol. The molecule has 0 bridgehead atoms. The van der Waals surface area contributed by atoms with Gasteiger partial charge in [0, 0.05) is 24.7 Å². The molecule has 1 amide bonds. The fourth-order valence-corrected chi connectivity index (χ4v) is 6.45. The number of benzene rings is 1. The minimum Gasteiger partial charge on any atom is -0.476 e. The molecule has 1 aliphatic heterocycles. The van der Waals surface area contributed by atoms with E-state index in [1.54, 1.807) is 16.7 Å². The van der Waals surface area contributed by atoms with Gasteiger partial charge >= 0.3 is 5.97 Å². The van der Waals surface area contributed by atoms with Crippen LogP contribution in [0, 0.1) is 5.92 Å². The summed E-state index contributed by atoms with van der Waals surface area (Å²) >= 11 is 0. The normalized spacial score (nSPS) is 25.2. The number of likely N-dealkylation sites (tertiary alicyclic amines) is 1. The molecule has 10 heteroatoms. The zero-order valence-corrected chi connectivity index (χ0v) is 24.8. The Morgan fingerprint density at radius 2 is 1.80 bits per heavy atom. The number of oxime groups is 1. The summed E-state index contributed by atoms with van der Waals surface area (Å²) in [5.74, 6) is -1.59. The molecule has 2 aliphatic rings. The predicted molar refractivity (Wildman–Crippen MR) is 159 cm³/mol. The highest BCUT2D eigenvalue weighted by molar-refractivity contribution is 6.41. The molecule has 1 saturated heterocycles. The van der Waals surface area contributed by atoms with Gasteiger partial charge in [0.2, 0.25) is 11.3 Å². The number of rotatable bonds is 8. The number of primary amides is 1. The fourth-order valence-electron chi connectivity index (χ4n) is 6.45. The topological polar surface area (TPSA) is 140 Å². The smallest absolute Gasteiger partial charge is 0.360 e. The summed E-state index contributed by atoms with van der Waals surface area (Å²) in [6.07, 6.45) is 11.5. The van der Waals surface area contributed by atoms with Crippen LogP contribution in [0.15, 0.2) is 34.2 Å². The van der Waals surface area contributed by atoms with E-state index in [0.29, 0.717) is 29.0 Å². The van der Waals surface area contributed by atoms with Gasteiger partial charge < -0.3 is 20.2 Å². The van der Waals surface area contributed by atoms with E-state index in [1.165, 1.54) is 58.8 Å². The van der Waals surface area contributed by atoms with E-state index in [1.807, 2.05) is 12.1 Å². The van der Waals surface area contributed by atoms with Gasteiger partial charge in [-0.2, -0.15) is 0 Å². The largest absolute Gasteiger partial charge is 0.476 e. The fraction of sp³-hybridized carbons (Fsp3) is 0.645. The average Bonchev–Trinajstić information content (AvgIpc) is 3.04. The molecule has 3 N–H and O–H groups in total. The quantitative estimate of drug-likeness (QED) is 0.350. The maximum Gasteiger partial charge on any atom is 0.360 e. The molecule has 224 valence electrons. The van der Waals surface area contributed by atoms with Gasteiger partial charge in [-0.05, 0) is 64.0 Å². The van der Waals surface area contributed by atoms with Gasteiger partial charge in [0.15, 0.2) is 5.69 Å². The van der Waals surface area contributed by atoms with Gasteiger partial charge in [-0.1, -0.05) is 63.2 Å². The Labute approximate surface area is 241 Å². The standard InChI is InChI=1S/C31H45N5O5/c1-5-21-19-23(16-17-35(21)22-13-9-7-6-8-12-20(2)18-22)36-25-15-11-10-14-24(25)33-26(28(36)37)27(29(38)39)34-41-31(3,4)30(32)40/h10-11,14-15,20-23H,5-9,12-13,16-19H2,1-4H3,(H2,32,40)(H,38,39)/b34-27-/t20-,21-,22-,23-/m1/s1. The molecule has 41 heavy (non-hydrogen) atoms. The van der Waals surface area contributed by atoms with Gasteiger partial charge in [-0.3, -0.25) is 14.5 Å². The molecule has 2 fully saturated rings. The van der Waals surface area contributed by atoms with Crippen LogP contribution in [0.4, 0.5) is 0 Å². The Balaban J connectivity index is 1.71. The number of nitrogens with two attached hydrogens (primary N) is 1. The van der Waals surface area contributed by atoms with Crippen molar-refractivity contribution >= 4 is 28.6 Å². The van der Waals surface area contributed by atoms with Crippen molar-refractivity contribution in [2.45, 2.75) is 116 Å². The molecule has 0 unspecified atom stereocenters. The Kier molecular flexibility index (Phi) is 9.84. The van der Waals surface area contributed by atoms with E-state index in [2.05, 4.69) is 28.9 Å². The highest BCUT2D eigenvalue weighted by Crippen LogP contribution is 2.35. The minimum atomic E-state index is -1.56. The molecule has 1 aromatic heterocycles. The molecule has 2 aromatic rings. The molecule has 1 aromatic carbocycles. The highest BCUT2D eigenvalue weighted by atomic mass is 16.7. The van der Waals surface area contributed by atoms with E-state index in [4.69, 9.17) is 10.6 Å². The number of fused-ring (bicyclic) bond motifs is 1. The number of carbonyl (C=O) groups excluding carboxylic acids is 1. The van der Waals surface area contributed by atoms with Gasteiger partial charge in [0.1, 0.15) is 0 Å². The number of nitrogens with zero attached hydrogens (tertiary/aromatic N) is 4. The van der Waals surface area contributed by atoms with Crippen molar-refractivity contribution in [2.75, 3.05) is 6.54 Å². The number of carbonyl (C=O) groups is 2. The van der Waals surface area contributed by atoms with Crippen molar-refractivity contribution in [3.8, 4) is 0 Å². The van der Waals surface area contributed by atoms with Crippen LogP contribution in [0.2, 0.25) is 0 Å². The lowest BCUT2D eigenvalue weighted by Crippen LogP contribution is -2.50. The molecular formula is C31H45N5O5. The molecular weight excluding hydrogens is 522 g/mol. The van der Waals surface area contributed by atoms with Crippen LogP contribution in [0.1, 0.15) is 104 Å². The number of piperidine rings is 1. The summed E-state index contributed by atoms with van der Waals surface area (Å²) < 4.78 is 1.71. The highest BCUT2D eigenvalue weighted by Gasteiger charge is 2.36. The summed E-state index contributed by atoms with van der Waals surface area (Å²) in [4.78, 5) is 50.3. The first-order valence-corrected chi connectivity index (χ1v) is 15.1. The van der Waals surface area contributed by atoms with E-state index in [0.717, 1.165) is 25.8 Å². The molecule has 1 aliphatic carbocycles. The summed E-state index contributed by atoms with van der Waals surface area (Å²) in [5.41, 5.74) is 3.43. The first-order valence-electron chi connectivity index (χ1n) is 15.1. The van der Waals surface area contributed by atoms with Crippen molar-refractivity contribution in [1.82, 2.24) is 14.5 Å². The first-order chi connectivity index (χ1) is 19.5. The van der Waals surface area contributed by atoms with Crippen molar-refractivity contribution < 1.29 is 19.5 Å². The first kappa shape index (κ1) is 30.7. The van der Waals surface area contributed by atoms with Gasteiger partial charge in [-0.25, -0.2) is 9.78 Å². The lowest BCUT2D eigenvalue weighted by molar-refractivity contribution is -0.140. The monoisotopic (exact) mass is 567 g/mol. The minimum absolute atomic E-state index is 0.123. The Morgan fingerprint density at radius 3 is 2.49 bits per heavy atom. The Bertz CT molecular complexity index is 1340. The molecule has 1 saturated carbocycles. The van der Waals surface area contributed by atoms with Gasteiger partial charge in [0.25, 0.3) is 11.5 Å². The third-order valence-electron chi connectivity index (χ3n) is 8.88. The van der Waals surface area contributed by atoms with Crippen LogP contribution in [0.3, 0.4) is 0 Å². The van der Waals surface area contributed by atoms with E-state index in [-0.39, 0.29) is 11.7 Å². The number of amides is 1. The number of carboxylic acids is 1. The van der Waals surface area contributed by atoms with Crippen LogP contribution < -0.4 is 11.3 Å². The summed E-state index contributed by atoms with van der Waals surface area (Å²) in [6.45, 7) is 8.23. The number of hydrogen-bond donors (Lipinski definition) is 2. The molecule has 4 atom stereocenters. The number of carboxylic acid groups (broad SMARTS) is 1. The van der Waals surface area contributed by atoms with Crippen molar-refractivity contribution in [1.29, 1.82) is 0 Å². The third kappa shape index (κ3) is 6.97. The van der Waals surface area contributed by atoms with E-state index < -0.39 is 28.7 Å². The summed E-state index contributed by atoms with van der Waals surface area (Å²) in [5, 5.41) is 13.7. The lowest BCUT2D eigenvalue weighted by atomic mass is 9.88. The summed E-state index contributed by atoms with van der Waals surface area (Å²) in [7, 11) is 0. The van der Waals surface area contributed by atoms with Crippen LogP contribution in [-0.4, -0.2) is 61.4 Å². The second kappa shape index (κ2) is 13.1.